The Morgan fingerprint density at radius 3 is 2.09 bits per heavy atom. The van der Waals surface area contributed by atoms with Crippen LogP contribution in [0.3, 0.4) is 0 Å². The number of nitrogens with one attached hydrogen (secondary N) is 2. The maximum absolute atomic E-state index is 12.7. The first kappa shape index (κ1) is 24.2. The van der Waals surface area contributed by atoms with Gasteiger partial charge in [0.2, 0.25) is 5.91 Å². The van der Waals surface area contributed by atoms with Crippen LogP contribution in [-0.4, -0.2) is 66.7 Å². The van der Waals surface area contributed by atoms with Crippen LogP contribution >= 0.6 is 0 Å². The van der Waals surface area contributed by atoms with Crippen molar-refractivity contribution in [3.05, 3.63) is 59.7 Å². The smallest absolute Gasteiger partial charge is 0.407 e. The molecule has 9 nitrogen and oxygen atoms in total. The first-order chi connectivity index (χ1) is 15.9. The molecule has 0 bridgehead atoms. The van der Waals surface area contributed by atoms with Crippen LogP contribution < -0.4 is 10.6 Å². The zero-order chi connectivity index (χ0) is 24.0. The van der Waals surface area contributed by atoms with E-state index in [2.05, 4.69) is 10.6 Å². The highest BCUT2D eigenvalue weighted by Crippen LogP contribution is 2.44. The fourth-order valence-electron chi connectivity index (χ4n) is 3.95. The Labute approximate surface area is 191 Å². The number of rotatable bonds is 10. The molecule has 2 aromatic carbocycles. The van der Waals surface area contributed by atoms with Crippen LogP contribution in [0.25, 0.3) is 11.1 Å². The first-order valence-corrected chi connectivity index (χ1v) is 10.7. The van der Waals surface area contributed by atoms with E-state index in [9.17, 15) is 19.5 Å². The number of alkyl carbamates (subject to hydrolysis) is 1. The molecule has 3 rings (SSSR count). The molecule has 2 aromatic rings. The molecular weight excluding hydrogens is 428 g/mol. The highest BCUT2D eigenvalue weighted by atomic mass is 16.5. The molecule has 0 aromatic heterocycles. The van der Waals surface area contributed by atoms with Gasteiger partial charge in [-0.25, -0.2) is 9.59 Å². The van der Waals surface area contributed by atoms with Crippen LogP contribution in [0.2, 0.25) is 0 Å². The number of hydrogen-bond acceptors (Lipinski definition) is 6. The minimum Gasteiger partial charge on any atom is -0.480 e. The third kappa shape index (κ3) is 5.50. The van der Waals surface area contributed by atoms with Crippen molar-refractivity contribution in [2.75, 3.05) is 20.3 Å². The molecule has 2 unspecified atom stereocenters. The summed E-state index contributed by atoms with van der Waals surface area (Å²) in [6, 6.07) is 13.4. The van der Waals surface area contributed by atoms with Crippen LogP contribution in [0.15, 0.2) is 48.5 Å². The Bertz CT molecular complexity index is 964. The lowest BCUT2D eigenvalue weighted by Crippen LogP contribution is -2.56. The van der Waals surface area contributed by atoms with Crippen LogP contribution in [0.1, 0.15) is 30.4 Å². The van der Waals surface area contributed by atoms with Crippen molar-refractivity contribution < 1.29 is 34.1 Å². The number of ether oxygens (including phenoxy) is 2. The van der Waals surface area contributed by atoms with Crippen molar-refractivity contribution in [3.8, 4) is 11.1 Å². The second-order valence-corrected chi connectivity index (χ2v) is 7.80. The molecule has 0 radical (unpaired) electrons. The van der Waals surface area contributed by atoms with Gasteiger partial charge < -0.3 is 30.3 Å². The summed E-state index contributed by atoms with van der Waals surface area (Å²) in [6.45, 7) is 1.22. The van der Waals surface area contributed by atoms with Crippen molar-refractivity contribution in [1.82, 2.24) is 10.6 Å². The average Bonchev–Trinajstić information content (AvgIpc) is 3.14. The number of benzene rings is 2. The number of carbonyl (C=O) groups is 3. The maximum Gasteiger partial charge on any atom is 0.407 e. The summed E-state index contributed by atoms with van der Waals surface area (Å²) in [6.07, 6.45) is -1.75. The standard InChI is InChI=1S/C24H28N2O7/c1-14(32-2)21(22(28)25-20(11-12-27)23(29)30)26-24(31)33-13-19-17-9-5-3-7-15(17)16-8-4-6-10-18(16)19/h3-10,14,19-21,27H,11-13H2,1-2H3,(H,25,28)(H,26,31)(H,29,30)/t14?,20-,21?/m1/s1. The SMILES string of the molecule is COC(C)C(NC(=O)OCC1c2ccccc2-c2ccccc21)C(=O)N[C@H](CCO)C(=O)O. The van der Waals surface area contributed by atoms with E-state index in [0.29, 0.717) is 0 Å². The van der Waals surface area contributed by atoms with Gasteiger partial charge in [-0.1, -0.05) is 48.5 Å². The predicted octanol–water partition coefficient (Wildman–Crippen LogP) is 1.88. The number of carbonyl (C=O) groups excluding carboxylic acids is 2. The number of amides is 2. The summed E-state index contributed by atoms with van der Waals surface area (Å²) < 4.78 is 10.7. The van der Waals surface area contributed by atoms with Gasteiger partial charge in [0.15, 0.2) is 0 Å². The van der Waals surface area contributed by atoms with E-state index < -0.39 is 42.8 Å². The van der Waals surface area contributed by atoms with E-state index in [1.165, 1.54) is 7.11 Å². The third-order valence-electron chi connectivity index (χ3n) is 5.77. The van der Waals surface area contributed by atoms with Gasteiger partial charge >= 0.3 is 12.1 Å². The molecule has 3 atom stereocenters. The van der Waals surface area contributed by atoms with Crippen LogP contribution in [-0.2, 0) is 19.1 Å². The highest BCUT2D eigenvalue weighted by Gasteiger charge is 2.32. The van der Waals surface area contributed by atoms with Crippen LogP contribution in [0, 0.1) is 0 Å². The zero-order valence-corrected chi connectivity index (χ0v) is 18.5. The summed E-state index contributed by atoms with van der Waals surface area (Å²) in [4.78, 5) is 36.5. The maximum atomic E-state index is 12.7. The fraction of sp³-hybridized carbons (Fsp3) is 0.375. The van der Waals surface area contributed by atoms with Gasteiger partial charge in [-0.3, -0.25) is 4.79 Å². The largest absolute Gasteiger partial charge is 0.480 e. The van der Waals surface area contributed by atoms with Crippen LogP contribution in [0.5, 0.6) is 0 Å². The Morgan fingerprint density at radius 1 is 1.00 bits per heavy atom. The minimum atomic E-state index is -1.29. The van der Waals surface area contributed by atoms with E-state index >= 15 is 0 Å². The summed E-state index contributed by atoms with van der Waals surface area (Å²) >= 11 is 0. The highest BCUT2D eigenvalue weighted by molar-refractivity contribution is 5.89. The molecule has 0 saturated carbocycles. The lowest BCUT2D eigenvalue weighted by Gasteiger charge is -2.25. The second-order valence-electron chi connectivity index (χ2n) is 7.80. The van der Waals surface area contributed by atoms with Crippen molar-refractivity contribution in [2.45, 2.75) is 37.5 Å². The molecule has 4 N–H and O–H groups in total. The Balaban J connectivity index is 1.68. The number of aliphatic hydroxyl groups excluding tert-OH is 1. The van der Waals surface area contributed by atoms with E-state index in [1.807, 2.05) is 48.5 Å². The molecule has 33 heavy (non-hydrogen) atoms. The van der Waals surface area contributed by atoms with Gasteiger partial charge in [0.1, 0.15) is 18.7 Å². The lowest BCUT2D eigenvalue weighted by atomic mass is 9.98. The minimum absolute atomic E-state index is 0.0673. The lowest BCUT2D eigenvalue weighted by molar-refractivity contribution is -0.143. The van der Waals surface area contributed by atoms with Gasteiger partial charge in [0.25, 0.3) is 0 Å². The average molecular weight is 456 g/mol. The Kier molecular flexibility index (Phi) is 8.02. The fourth-order valence-corrected chi connectivity index (χ4v) is 3.95. The van der Waals surface area contributed by atoms with Crippen molar-refractivity contribution >= 4 is 18.0 Å². The zero-order valence-electron chi connectivity index (χ0n) is 18.5. The summed E-state index contributed by atoms with van der Waals surface area (Å²) in [7, 11) is 1.37. The van der Waals surface area contributed by atoms with E-state index in [4.69, 9.17) is 14.6 Å². The number of hydrogen-bond donors (Lipinski definition) is 4. The van der Waals surface area contributed by atoms with Crippen molar-refractivity contribution in [2.24, 2.45) is 0 Å². The van der Waals surface area contributed by atoms with Gasteiger partial charge in [-0.2, -0.15) is 0 Å². The predicted molar refractivity (Wildman–Crippen MR) is 120 cm³/mol. The molecule has 0 spiro atoms. The van der Waals surface area contributed by atoms with Gasteiger partial charge in [-0.15, -0.1) is 0 Å². The normalized spacial score (nSPS) is 15.0. The van der Waals surface area contributed by atoms with E-state index in [1.54, 1.807) is 6.92 Å². The van der Waals surface area contributed by atoms with Gasteiger partial charge in [0, 0.05) is 26.1 Å². The van der Waals surface area contributed by atoms with Crippen molar-refractivity contribution in [3.63, 3.8) is 0 Å². The van der Waals surface area contributed by atoms with E-state index in [0.717, 1.165) is 22.3 Å². The third-order valence-corrected chi connectivity index (χ3v) is 5.77. The topological polar surface area (TPSA) is 134 Å². The molecule has 2 amide bonds. The van der Waals surface area contributed by atoms with Crippen molar-refractivity contribution in [1.29, 1.82) is 0 Å². The molecule has 0 fully saturated rings. The number of aliphatic hydroxyl groups is 1. The number of carboxylic acids is 1. The number of fused-ring (bicyclic) bond motifs is 3. The molecular formula is C24H28N2O7. The molecule has 0 saturated heterocycles. The summed E-state index contributed by atoms with van der Waals surface area (Å²) in [5.74, 6) is -2.18. The summed E-state index contributed by atoms with van der Waals surface area (Å²) in [5.41, 5.74) is 4.30. The molecule has 0 heterocycles. The molecule has 1 aliphatic rings. The Hall–Kier alpha value is -3.43. The van der Waals surface area contributed by atoms with Crippen LogP contribution in [0.4, 0.5) is 4.79 Å². The first-order valence-electron chi connectivity index (χ1n) is 10.7. The molecule has 0 aliphatic heterocycles. The summed E-state index contributed by atoms with van der Waals surface area (Å²) in [5, 5.41) is 23.0. The monoisotopic (exact) mass is 456 g/mol. The molecule has 176 valence electrons. The van der Waals surface area contributed by atoms with E-state index in [-0.39, 0.29) is 18.9 Å². The Morgan fingerprint density at radius 2 is 1.58 bits per heavy atom. The number of aliphatic carboxylic acids is 1. The van der Waals surface area contributed by atoms with Gasteiger partial charge in [0.05, 0.1) is 6.10 Å². The molecule has 9 heteroatoms. The second kappa shape index (κ2) is 10.9. The number of methoxy groups -OCH3 is 1. The van der Waals surface area contributed by atoms with Gasteiger partial charge in [-0.05, 0) is 29.2 Å². The number of carboxylic acid groups (broad SMARTS) is 1. The quantitative estimate of drug-likeness (QED) is 0.429. The molecule has 1 aliphatic carbocycles.